The molecule has 0 spiro atoms. The third kappa shape index (κ3) is 3.34. The highest BCUT2D eigenvalue weighted by atomic mass is 15.3. The third-order valence-corrected chi connectivity index (χ3v) is 4.87. The number of pyridine rings is 2. The Kier molecular flexibility index (Phi) is 4.95. The predicted octanol–water partition coefficient (Wildman–Crippen LogP) is 3.53. The summed E-state index contributed by atoms with van der Waals surface area (Å²) in [7, 11) is 0. The molecule has 134 valence electrons. The van der Waals surface area contributed by atoms with Gasteiger partial charge in [0.1, 0.15) is 0 Å². The highest BCUT2D eigenvalue weighted by Gasteiger charge is 2.26. The molecule has 0 N–H and O–H groups in total. The first kappa shape index (κ1) is 16.8. The zero-order valence-corrected chi connectivity index (χ0v) is 15.3. The lowest BCUT2D eigenvalue weighted by Gasteiger charge is -2.20. The number of hydrogen-bond donors (Lipinski definition) is 0. The zero-order chi connectivity index (χ0) is 17.8. The highest BCUT2D eigenvalue weighted by Crippen LogP contribution is 2.33. The minimum absolute atomic E-state index is 0.817. The number of aromatic nitrogens is 2. The maximum atomic E-state index is 4.91. The SMILES string of the molecule is CCCCN1C=CN(CCCN=C2c3cccnc3-c3ncccc32)C1. The number of nitrogens with zero attached hydrogens (tertiary/aromatic N) is 5. The molecule has 5 nitrogen and oxygen atoms in total. The number of rotatable bonds is 7. The second-order valence-electron chi connectivity index (χ2n) is 6.80. The maximum Gasteiger partial charge on any atom is 0.0987 e. The number of fused-ring (bicyclic) bond motifs is 3. The summed E-state index contributed by atoms with van der Waals surface area (Å²) in [6, 6.07) is 8.13. The minimum Gasteiger partial charge on any atom is -0.359 e. The lowest BCUT2D eigenvalue weighted by Crippen LogP contribution is -2.27. The molecule has 2 aromatic rings. The summed E-state index contributed by atoms with van der Waals surface area (Å²) < 4.78 is 0. The molecule has 0 bridgehead atoms. The van der Waals surface area contributed by atoms with Gasteiger partial charge in [-0.3, -0.25) is 15.0 Å². The van der Waals surface area contributed by atoms with Crippen LogP contribution in [-0.4, -0.2) is 51.8 Å². The molecule has 0 saturated carbocycles. The van der Waals surface area contributed by atoms with Crippen molar-refractivity contribution in [2.45, 2.75) is 26.2 Å². The average Bonchev–Trinajstić information content (AvgIpc) is 3.26. The second kappa shape index (κ2) is 7.68. The van der Waals surface area contributed by atoms with Gasteiger partial charge in [0, 0.05) is 55.6 Å². The van der Waals surface area contributed by atoms with Crippen LogP contribution >= 0.6 is 0 Å². The lowest BCUT2D eigenvalue weighted by molar-refractivity contribution is 0.261. The molecule has 4 rings (SSSR count). The van der Waals surface area contributed by atoms with Crippen LogP contribution < -0.4 is 0 Å². The summed E-state index contributed by atoms with van der Waals surface area (Å²) in [4.78, 5) is 18.7. The van der Waals surface area contributed by atoms with Gasteiger partial charge in [-0.15, -0.1) is 0 Å². The Balaban J connectivity index is 1.37. The summed E-state index contributed by atoms with van der Waals surface area (Å²) in [6.45, 7) is 6.25. The Morgan fingerprint density at radius 2 is 1.54 bits per heavy atom. The van der Waals surface area contributed by atoms with E-state index in [2.05, 4.69) is 51.2 Å². The highest BCUT2D eigenvalue weighted by molar-refractivity contribution is 6.23. The van der Waals surface area contributed by atoms with Crippen molar-refractivity contribution in [3.05, 3.63) is 60.2 Å². The first-order valence-corrected chi connectivity index (χ1v) is 9.49. The Labute approximate surface area is 155 Å². The van der Waals surface area contributed by atoms with E-state index in [0.29, 0.717) is 0 Å². The smallest absolute Gasteiger partial charge is 0.0987 e. The molecule has 0 atom stereocenters. The normalized spacial score (nSPS) is 14.7. The van der Waals surface area contributed by atoms with Gasteiger partial charge in [-0.25, -0.2) is 0 Å². The van der Waals surface area contributed by atoms with Gasteiger partial charge in [-0.1, -0.05) is 13.3 Å². The lowest BCUT2D eigenvalue weighted by atomic mass is 10.1. The molecule has 1 aliphatic carbocycles. The molecule has 0 amide bonds. The van der Waals surface area contributed by atoms with Crippen LogP contribution in [0.4, 0.5) is 0 Å². The number of hydrogen-bond acceptors (Lipinski definition) is 5. The first-order valence-electron chi connectivity index (χ1n) is 9.49. The van der Waals surface area contributed by atoms with Crippen LogP contribution in [0.15, 0.2) is 54.1 Å². The number of unbranched alkanes of at least 4 members (excludes halogenated alkanes) is 1. The van der Waals surface area contributed by atoms with Gasteiger partial charge in [0.2, 0.25) is 0 Å². The van der Waals surface area contributed by atoms with E-state index in [-0.39, 0.29) is 0 Å². The summed E-state index contributed by atoms with van der Waals surface area (Å²) in [5.74, 6) is 0. The van der Waals surface area contributed by atoms with Gasteiger partial charge in [0.05, 0.1) is 23.8 Å². The number of aliphatic imine (C=N–C) groups is 1. The Bertz CT molecular complexity index is 779. The summed E-state index contributed by atoms with van der Waals surface area (Å²) in [5, 5.41) is 0. The van der Waals surface area contributed by atoms with Crippen LogP contribution in [0.1, 0.15) is 37.3 Å². The van der Waals surface area contributed by atoms with E-state index < -0.39 is 0 Å². The van der Waals surface area contributed by atoms with Gasteiger partial charge in [-0.2, -0.15) is 0 Å². The summed E-state index contributed by atoms with van der Waals surface area (Å²) in [5.41, 5.74) is 5.16. The van der Waals surface area contributed by atoms with Crippen molar-refractivity contribution in [1.82, 2.24) is 19.8 Å². The van der Waals surface area contributed by atoms with Gasteiger partial charge in [0.15, 0.2) is 0 Å². The molecule has 0 aromatic carbocycles. The summed E-state index contributed by atoms with van der Waals surface area (Å²) in [6.07, 6.45) is 11.6. The Morgan fingerprint density at radius 1 is 0.923 bits per heavy atom. The van der Waals surface area contributed by atoms with E-state index in [0.717, 1.165) is 61.0 Å². The van der Waals surface area contributed by atoms with Crippen molar-refractivity contribution in [3.8, 4) is 11.4 Å². The topological polar surface area (TPSA) is 44.6 Å². The van der Waals surface area contributed by atoms with Crippen LogP contribution in [0.25, 0.3) is 11.4 Å². The van der Waals surface area contributed by atoms with Gasteiger partial charge in [0.25, 0.3) is 0 Å². The van der Waals surface area contributed by atoms with Crippen molar-refractivity contribution >= 4 is 5.71 Å². The molecule has 0 unspecified atom stereocenters. The first-order chi connectivity index (χ1) is 12.9. The standard InChI is InChI=1S/C21H25N5/c1-2-3-12-25-14-15-26(16-25)13-6-11-22-19-17-7-4-9-23-20(17)21-18(19)8-5-10-24-21/h4-5,7-10,14-15H,2-3,6,11-13,16H2,1H3. The molecule has 2 aliphatic rings. The van der Waals surface area contributed by atoms with E-state index in [9.17, 15) is 0 Å². The zero-order valence-electron chi connectivity index (χ0n) is 15.3. The van der Waals surface area contributed by atoms with Crippen LogP contribution in [-0.2, 0) is 0 Å². The molecular weight excluding hydrogens is 322 g/mol. The Hall–Kier alpha value is -2.69. The molecule has 3 heterocycles. The van der Waals surface area contributed by atoms with Crippen LogP contribution in [0, 0.1) is 0 Å². The fourth-order valence-electron chi connectivity index (χ4n) is 3.52. The molecule has 0 radical (unpaired) electrons. The van der Waals surface area contributed by atoms with E-state index in [4.69, 9.17) is 4.99 Å². The predicted molar refractivity (Wildman–Crippen MR) is 105 cm³/mol. The quantitative estimate of drug-likeness (QED) is 0.613. The fraction of sp³-hybridized carbons (Fsp3) is 0.381. The minimum atomic E-state index is 0.817. The second-order valence-corrected chi connectivity index (χ2v) is 6.80. The molecule has 0 fully saturated rings. The molecule has 1 aliphatic heterocycles. The molecule has 2 aromatic heterocycles. The van der Waals surface area contributed by atoms with Gasteiger partial charge >= 0.3 is 0 Å². The van der Waals surface area contributed by atoms with Crippen molar-refractivity contribution in [2.24, 2.45) is 4.99 Å². The molecule has 26 heavy (non-hydrogen) atoms. The van der Waals surface area contributed by atoms with Crippen molar-refractivity contribution < 1.29 is 0 Å². The molecule has 0 saturated heterocycles. The van der Waals surface area contributed by atoms with Gasteiger partial charge < -0.3 is 9.80 Å². The van der Waals surface area contributed by atoms with Crippen LogP contribution in [0.3, 0.4) is 0 Å². The van der Waals surface area contributed by atoms with Crippen molar-refractivity contribution in [2.75, 3.05) is 26.3 Å². The van der Waals surface area contributed by atoms with E-state index in [1.54, 1.807) is 0 Å². The van der Waals surface area contributed by atoms with Gasteiger partial charge in [-0.05, 0) is 37.1 Å². The van der Waals surface area contributed by atoms with E-state index >= 15 is 0 Å². The summed E-state index contributed by atoms with van der Waals surface area (Å²) >= 11 is 0. The van der Waals surface area contributed by atoms with Crippen molar-refractivity contribution in [3.63, 3.8) is 0 Å². The fourth-order valence-corrected chi connectivity index (χ4v) is 3.52. The van der Waals surface area contributed by atoms with E-state index in [1.807, 2.05) is 24.5 Å². The average molecular weight is 347 g/mol. The molecular formula is C21H25N5. The van der Waals surface area contributed by atoms with Crippen molar-refractivity contribution in [1.29, 1.82) is 0 Å². The van der Waals surface area contributed by atoms with E-state index in [1.165, 1.54) is 12.8 Å². The largest absolute Gasteiger partial charge is 0.359 e. The Morgan fingerprint density at radius 3 is 2.15 bits per heavy atom. The monoisotopic (exact) mass is 347 g/mol. The van der Waals surface area contributed by atoms with Crippen LogP contribution in [0.5, 0.6) is 0 Å². The third-order valence-electron chi connectivity index (χ3n) is 4.87. The van der Waals surface area contributed by atoms with Crippen LogP contribution in [0.2, 0.25) is 0 Å². The molecule has 5 heteroatoms. The maximum absolute atomic E-state index is 4.91.